The van der Waals surface area contributed by atoms with Gasteiger partial charge in [-0.1, -0.05) is 40.2 Å². The lowest BCUT2D eigenvalue weighted by Gasteiger charge is -2.35. The molecule has 0 saturated heterocycles. The second-order valence-corrected chi connectivity index (χ2v) is 8.64. The van der Waals surface area contributed by atoms with E-state index in [1.54, 1.807) is 18.2 Å². The molecule has 3 unspecified atom stereocenters. The van der Waals surface area contributed by atoms with E-state index in [-0.39, 0.29) is 11.1 Å². The molecular formula is C23H16BrF4N3O. The molecule has 2 aromatic carbocycles. The zero-order chi connectivity index (χ0) is 22.7. The first kappa shape index (κ1) is 21.0. The summed E-state index contributed by atoms with van der Waals surface area (Å²) in [5.74, 6) is -1.07. The van der Waals surface area contributed by atoms with Crippen molar-refractivity contribution in [1.82, 2.24) is 15.1 Å². The fraction of sp³-hybridized carbons (Fsp3) is 0.174. The van der Waals surface area contributed by atoms with Crippen molar-refractivity contribution in [2.45, 2.75) is 17.8 Å². The van der Waals surface area contributed by atoms with Crippen LogP contribution in [0.25, 0.3) is 16.6 Å². The molecule has 164 valence electrons. The van der Waals surface area contributed by atoms with Crippen LogP contribution in [-0.2, 0) is 5.60 Å². The van der Waals surface area contributed by atoms with Gasteiger partial charge in [0.2, 0.25) is 5.60 Å². The monoisotopic (exact) mass is 505 g/mol. The molecule has 3 atom stereocenters. The van der Waals surface area contributed by atoms with E-state index >= 15 is 0 Å². The molecular weight excluding hydrogens is 490 g/mol. The van der Waals surface area contributed by atoms with Crippen LogP contribution < -0.4 is 5.32 Å². The Morgan fingerprint density at radius 2 is 1.84 bits per heavy atom. The third kappa shape index (κ3) is 3.10. The first-order valence-corrected chi connectivity index (χ1v) is 10.5. The smallest absolute Gasteiger partial charge is 0.383 e. The molecule has 1 aliphatic heterocycles. The molecule has 0 radical (unpaired) electrons. The van der Waals surface area contributed by atoms with E-state index in [2.05, 4.69) is 26.3 Å². The summed E-state index contributed by atoms with van der Waals surface area (Å²) in [5, 5.41) is 18.8. The molecule has 5 rings (SSSR count). The van der Waals surface area contributed by atoms with Crippen molar-refractivity contribution in [3.05, 3.63) is 94.5 Å². The number of halogens is 5. The summed E-state index contributed by atoms with van der Waals surface area (Å²) < 4.78 is 58.6. The summed E-state index contributed by atoms with van der Waals surface area (Å²) in [6.45, 7) is 0. The normalized spacial score (nSPS) is 22.2. The first-order chi connectivity index (χ1) is 15.2. The number of fused-ring (bicyclic) bond motifs is 2. The number of hydrogen-bond donors (Lipinski definition) is 2. The topological polar surface area (TPSA) is 50.1 Å². The highest BCUT2D eigenvalue weighted by molar-refractivity contribution is 9.11. The highest BCUT2D eigenvalue weighted by Crippen LogP contribution is 2.50. The number of hydrogen-bond acceptors (Lipinski definition) is 3. The fourth-order valence-corrected chi connectivity index (χ4v) is 4.85. The van der Waals surface area contributed by atoms with Gasteiger partial charge in [-0.3, -0.25) is 0 Å². The van der Waals surface area contributed by atoms with Gasteiger partial charge in [-0.2, -0.15) is 18.3 Å². The molecule has 2 aliphatic rings. The van der Waals surface area contributed by atoms with E-state index < -0.39 is 29.6 Å². The zero-order valence-corrected chi connectivity index (χ0v) is 17.9. The van der Waals surface area contributed by atoms with Crippen molar-refractivity contribution in [1.29, 1.82) is 0 Å². The Kier molecular flexibility index (Phi) is 4.79. The standard InChI is InChI=1S/C23H16BrF4N3O/c24-19-3-1-2-17-18(12-29-21(17)19)22(32,23(26,27)28)14-4-9-20-13(10-14)11-30-31(20)16-7-5-15(25)6-8-16/h1-12,17,21,29,32H. The van der Waals surface area contributed by atoms with E-state index in [4.69, 9.17) is 0 Å². The van der Waals surface area contributed by atoms with Crippen molar-refractivity contribution >= 4 is 26.8 Å². The number of nitrogens with zero attached hydrogens (tertiary/aromatic N) is 2. The Hall–Kier alpha value is -2.91. The molecule has 0 bridgehead atoms. The summed E-state index contributed by atoms with van der Waals surface area (Å²) >= 11 is 3.37. The Bertz CT molecular complexity index is 1290. The summed E-state index contributed by atoms with van der Waals surface area (Å²) in [5.41, 5.74) is -2.58. The van der Waals surface area contributed by atoms with E-state index in [1.807, 2.05) is 0 Å². The van der Waals surface area contributed by atoms with Crippen LogP contribution in [0.2, 0.25) is 0 Å². The third-order valence-corrected chi connectivity index (χ3v) is 6.65. The minimum absolute atomic E-state index is 0.179. The maximum Gasteiger partial charge on any atom is 0.425 e. The lowest BCUT2D eigenvalue weighted by Crippen LogP contribution is -2.46. The number of allylic oxidation sites excluding steroid dienone is 2. The Labute approximate surface area is 188 Å². The minimum Gasteiger partial charge on any atom is -0.383 e. The Morgan fingerprint density at radius 1 is 1.09 bits per heavy atom. The number of alkyl halides is 3. The molecule has 3 aromatic rings. The minimum atomic E-state index is -4.96. The van der Waals surface area contributed by atoms with Crippen LogP contribution in [0.4, 0.5) is 17.6 Å². The Morgan fingerprint density at radius 3 is 2.56 bits per heavy atom. The van der Waals surface area contributed by atoms with Crippen molar-refractivity contribution in [3.8, 4) is 5.69 Å². The molecule has 0 amide bonds. The number of nitrogens with one attached hydrogen (secondary N) is 1. The molecule has 9 heteroatoms. The van der Waals surface area contributed by atoms with Crippen molar-refractivity contribution < 1.29 is 22.7 Å². The largest absolute Gasteiger partial charge is 0.425 e. The molecule has 0 saturated carbocycles. The van der Waals surface area contributed by atoms with Crippen molar-refractivity contribution in [2.24, 2.45) is 5.92 Å². The summed E-state index contributed by atoms with van der Waals surface area (Å²) in [7, 11) is 0. The van der Waals surface area contributed by atoms with Gasteiger partial charge in [0, 0.05) is 22.0 Å². The molecule has 32 heavy (non-hydrogen) atoms. The van der Waals surface area contributed by atoms with Crippen LogP contribution in [0.5, 0.6) is 0 Å². The van der Waals surface area contributed by atoms with Crippen molar-refractivity contribution in [2.75, 3.05) is 0 Å². The zero-order valence-electron chi connectivity index (χ0n) is 16.3. The molecule has 1 aliphatic carbocycles. The predicted molar refractivity (Wildman–Crippen MR) is 116 cm³/mol. The molecule has 0 spiro atoms. The first-order valence-electron chi connectivity index (χ1n) is 9.74. The van der Waals surface area contributed by atoms with Crippen LogP contribution in [0.1, 0.15) is 5.56 Å². The number of aliphatic hydroxyl groups is 1. The van der Waals surface area contributed by atoms with Crippen LogP contribution in [-0.4, -0.2) is 27.1 Å². The third-order valence-electron chi connectivity index (χ3n) is 5.89. The molecule has 2 N–H and O–H groups in total. The number of aromatic nitrogens is 2. The van der Waals surface area contributed by atoms with Gasteiger partial charge in [-0.05, 0) is 47.5 Å². The highest BCUT2D eigenvalue weighted by Gasteiger charge is 2.60. The van der Waals surface area contributed by atoms with E-state index in [0.717, 1.165) is 0 Å². The van der Waals surface area contributed by atoms with Crippen molar-refractivity contribution in [3.63, 3.8) is 0 Å². The van der Waals surface area contributed by atoms with Gasteiger partial charge in [-0.15, -0.1) is 0 Å². The second-order valence-electron chi connectivity index (χ2n) is 7.72. The lowest BCUT2D eigenvalue weighted by atomic mass is 9.77. The van der Waals surface area contributed by atoms with Gasteiger partial charge in [0.15, 0.2) is 0 Å². The highest BCUT2D eigenvalue weighted by atomic mass is 79.9. The molecule has 1 aromatic heterocycles. The summed E-state index contributed by atoms with van der Waals surface area (Å²) in [4.78, 5) is 0. The van der Waals surface area contributed by atoms with Gasteiger partial charge in [0.1, 0.15) is 5.82 Å². The molecule has 2 heterocycles. The van der Waals surface area contributed by atoms with Crippen LogP contribution in [0.3, 0.4) is 0 Å². The van der Waals surface area contributed by atoms with Gasteiger partial charge in [0.05, 0.1) is 23.4 Å². The quantitative estimate of drug-likeness (QED) is 0.479. The summed E-state index contributed by atoms with van der Waals surface area (Å²) in [6.07, 6.45) is 2.77. The van der Waals surface area contributed by atoms with E-state index in [9.17, 15) is 22.7 Å². The molecule has 0 fully saturated rings. The maximum absolute atomic E-state index is 14.4. The van der Waals surface area contributed by atoms with E-state index in [0.29, 0.717) is 21.1 Å². The average Bonchev–Trinajstić information content (AvgIpc) is 3.38. The fourth-order valence-electron chi connectivity index (χ4n) is 4.28. The van der Waals surface area contributed by atoms with E-state index in [1.165, 1.54) is 59.5 Å². The molecule has 4 nitrogen and oxygen atoms in total. The predicted octanol–water partition coefficient (Wildman–Crippen LogP) is 5.24. The maximum atomic E-state index is 14.4. The lowest BCUT2D eigenvalue weighted by molar-refractivity contribution is -0.251. The SMILES string of the molecule is OC(C1=CNC2C(Br)=CC=CC12)(c1ccc2c(cnn2-c2ccc(F)cc2)c1)C(F)(F)F. The number of rotatable bonds is 3. The second kappa shape index (κ2) is 7.31. The number of benzene rings is 2. The van der Waals surface area contributed by atoms with Crippen LogP contribution in [0, 0.1) is 11.7 Å². The van der Waals surface area contributed by atoms with Gasteiger partial charge < -0.3 is 10.4 Å². The van der Waals surface area contributed by atoms with Crippen LogP contribution >= 0.6 is 15.9 Å². The average molecular weight is 506 g/mol. The Balaban J connectivity index is 1.61. The summed E-state index contributed by atoms with van der Waals surface area (Å²) in [6, 6.07) is 9.22. The van der Waals surface area contributed by atoms with Gasteiger partial charge >= 0.3 is 6.18 Å². The van der Waals surface area contributed by atoms with Gasteiger partial charge in [0.25, 0.3) is 0 Å². The van der Waals surface area contributed by atoms with Crippen LogP contribution in [0.15, 0.2) is 83.1 Å². The van der Waals surface area contributed by atoms with Gasteiger partial charge in [-0.25, -0.2) is 9.07 Å².